The van der Waals surface area contributed by atoms with Gasteiger partial charge in [-0.05, 0) is 54.0 Å². The van der Waals surface area contributed by atoms with Crippen LogP contribution < -0.4 is 9.79 Å². The molecule has 1 aromatic heterocycles. The number of hydrogen-bond acceptors (Lipinski definition) is 5. The Labute approximate surface area is 149 Å². The number of benzene rings is 1. The number of carbonyl (C=O) groups excluding carboxylic acids is 1. The van der Waals surface area contributed by atoms with E-state index in [4.69, 9.17) is 16.8 Å². The maximum atomic E-state index is 12.8. The van der Waals surface area contributed by atoms with Crippen LogP contribution in [0.1, 0.15) is 11.1 Å². The Morgan fingerprint density at radius 1 is 1.32 bits per heavy atom. The normalized spacial score (nSPS) is 13.9. The SMILES string of the molecule is O=C(C=Cc1cnc2c(c1)CCN2S(=O)(=O)c1ccc(Cl)cc1)NO. The van der Waals surface area contributed by atoms with E-state index in [1.807, 2.05) is 0 Å². The summed E-state index contributed by atoms with van der Waals surface area (Å²) in [6.45, 7) is 0.289. The van der Waals surface area contributed by atoms with Crippen LogP contribution in [0, 0.1) is 0 Å². The smallest absolute Gasteiger partial charge is 0.267 e. The molecule has 0 bridgehead atoms. The highest BCUT2D eigenvalue weighted by Gasteiger charge is 2.32. The van der Waals surface area contributed by atoms with Crippen molar-refractivity contribution in [1.29, 1.82) is 0 Å². The topological polar surface area (TPSA) is 99.6 Å². The molecule has 0 radical (unpaired) electrons. The zero-order chi connectivity index (χ0) is 18.0. The van der Waals surface area contributed by atoms with Gasteiger partial charge in [-0.2, -0.15) is 0 Å². The second-order valence-corrected chi connectivity index (χ2v) is 7.64. The summed E-state index contributed by atoms with van der Waals surface area (Å²) in [5.74, 6) is -0.286. The van der Waals surface area contributed by atoms with Crippen molar-refractivity contribution in [3.8, 4) is 0 Å². The van der Waals surface area contributed by atoms with Crippen LogP contribution in [0.5, 0.6) is 0 Å². The van der Waals surface area contributed by atoms with E-state index in [0.717, 1.165) is 11.6 Å². The third kappa shape index (κ3) is 3.51. The predicted molar refractivity (Wildman–Crippen MR) is 92.9 cm³/mol. The molecule has 0 atom stereocenters. The quantitative estimate of drug-likeness (QED) is 0.481. The Morgan fingerprint density at radius 2 is 2.04 bits per heavy atom. The fourth-order valence-corrected chi connectivity index (χ4v) is 4.11. The van der Waals surface area contributed by atoms with Gasteiger partial charge in [-0.15, -0.1) is 0 Å². The number of carbonyl (C=O) groups is 1. The average Bonchev–Trinajstić information content (AvgIpc) is 3.04. The summed E-state index contributed by atoms with van der Waals surface area (Å²) in [6.07, 6.45) is 4.62. The molecule has 0 saturated heterocycles. The van der Waals surface area contributed by atoms with Crippen LogP contribution in [0.3, 0.4) is 0 Å². The molecule has 1 aliphatic heterocycles. The molecule has 1 amide bonds. The van der Waals surface area contributed by atoms with Gasteiger partial charge in [-0.25, -0.2) is 23.2 Å². The second-order valence-electron chi connectivity index (χ2n) is 5.34. The van der Waals surface area contributed by atoms with Gasteiger partial charge in [0.2, 0.25) is 0 Å². The van der Waals surface area contributed by atoms with E-state index >= 15 is 0 Å². The molecular formula is C16H14ClN3O4S. The number of rotatable bonds is 4. The molecule has 2 heterocycles. The minimum atomic E-state index is -3.71. The lowest BCUT2D eigenvalue weighted by molar-refractivity contribution is -0.124. The number of fused-ring (bicyclic) bond motifs is 1. The lowest BCUT2D eigenvalue weighted by Gasteiger charge is -2.18. The van der Waals surface area contributed by atoms with Gasteiger partial charge < -0.3 is 0 Å². The fourth-order valence-electron chi connectivity index (χ4n) is 2.53. The van der Waals surface area contributed by atoms with Crippen LogP contribution in [0.2, 0.25) is 5.02 Å². The molecule has 1 aliphatic rings. The minimum absolute atomic E-state index is 0.148. The van der Waals surface area contributed by atoms with Crippen LogP contribution in [0.15, 0.2) is 47.5 Å². The maximum absolute atomic E-state index is 12.8. The van der Waals surface area contributed by atoms with Gasteiger partial charge >= 0.3 is 0 Å². The van der Waals surface area contributed by atoms with Crippen LogP contribution in [-0.2, 0) is 21.2 Å². The highest BCUT2D eigenvalue weighted by Crippen LogP contribution is 2.32. The number of anilines is 1. The second kappa shape index (κ2) is 6.83. The van der Waals surface area contributed by atoms with Crippen LogP contribution in [-0.4, -0.2) is 31.1 Å². The molecule has 0 fully saturated rings. The van der Waals surface area contributed by atoms with Crippen molar-refractivity contribution in [3.63, 3.8) is 0 Å². The molecule has 3 rings (SSSR count). The number of nitrogens with one attached hydrogen (secondary N) is 1. The molecule has 130 valence electrons. The van der Waals surface area contributed by atoms with Gasteiger partial charge in [0.15, 0.2) is 0 Å². The monoisotopic (exact) mass is 379 g/mol. The minimum Gasteiger partial charge on any atom is -0.288 e. The standard InChI is InChI=1S/C16H14ClN3O4S/c17-13-2-4-14(5-3-13)25(23,24)20-8-7-12-9-11(10-18-16(12)20)1-6-15(21)19-22/h1-6,9-10,22H,7-8H2,(H,19,21). The molecule has 0 saturated carbocycles. The summed E-state index contributed by atoms with van der Waals surface area (Å²) in [5, 5.41) is 8.93. The van der Waals surface area contributed by atoms with E-state index in [0.29, 0.717) is 22.8 Å². The first-order valence-corrected chi connectivity index (χ1v) is 9.13. The van der Waals surface area contributed by atoms with E-state index < -0.39 is 15.9 Å². The molecule has 0 unspecified atom stereocenters. The first-order valence-electron chi connectivity index (χ1n) is 7.31. The molecule has 25 heavy (non-hydrogen) atoms. The zero-order valence-electron chi connectivity index (χ0n) is 12.9. The predicted octanol–water partition coefficient (Wildman–Crippen LogP) is 2.00. The van der Waals surface area contributed by atoms with E-state index in [9.17, 15) is 13.2 Å². The van der Waals surface area contributed by atoms with E-state index in [1.54, 1.807) is 6.07 Å². The number of aromatic nitrogens is 1. The number of hydrogen-bond donors (Lipinski definition) is 2. The van der Waals surface area contributed by atoms with Crippen LogP contribution >= 0.6 is 11.6 Å². The number of halogens is 1. The third-order valence-corrected chi connectivity index (χ3v) is 5.78. The number of pyridine rings is 1. The van der Waals surface area contributed by atoms with Gasteiger partial charge in [-0.3, -0.25) is 10.0 Å². The molecular weight excluding hydrogens is 366 g/mol. The summed E-state index contributed by atoms with van der Waals surface area (Å²) < 4.78 is 26.9. The number of sulfonamides is 1. The Morgan fingerprint density at radius 3 is 2.72 bits per heavy atom. The van der Waals surface area contributed by atoms with Crippen molar-refractivity contribution in [1.82, 2.24) is 10.5 Å². The molecule has 0 spiro atoms. The summed E-state index contributed by atoms with van der Waals surface area (Å²) in [4.78, 5) is 15.4. The lowest BCUT2D eigenvalue weighted by atomic mass is 10.1. The van der Waals surface area contributed by atoms with Gasteiger partial charge in [-0.1, -0.05) is 11.6 Å². The Kier molecular flexibility index (Phi) is 4.76. The highest BCUT2D eigenvalue weighted by molar-refractivity contribution is 7.92. The molecule has 9 heteroatoms. The van der Waals surface area contributed by atoms with Crippen molar-refractivity contribution in [2.75, 3.05) is 10.8 Å². The zero-order valence-corrected chi connectivity index (χ0v) is 14.5. The summed E-state index contributed by atoms with van der Waals surface area (Å²) >= 11 is 5.81. The summed E-state index contributed by atoms with van der Waals surface area (Å²) in [5.41, 5.74) is 2.89. The molecule has 0 aliphatic carbocycles. The Hall–Kier alpha value is -2.42. The molecule has 1 aromatic carbocycles. The fraction of sp³-hybridized carbons (Fsp3) is 0.125. The number of nitrogens with zero attached hydrogens (tertiary/aromatic N) is 2. The van der Waals surface area contributed by atoms with E-state index in [1.165, 1.54) is 46.3 Å². The van der Waals surface area contributed by atoms with Crippen molar-refractivity contribution < 1.29 is 18.4 Å². The molecule has 2 N–H and O–H groups in total. The van der Waals surface area contributed by atoms with Gasteiger partial charge in [0.25, 0.3) is 15.9 Å². The van der Waals surface area contributed by atoms with E-state index in [2.05, 4.69) is 4.98 Å². The summed E-state index contributed by atoms with van der Waals surface area (Å²) in [7, 11) is -3.71. The Bertz CT molecular complexity index is 942. The third-order valence-electron chi connectivity index (χ3n) is 3.72. The van der Waals surface area contributed by atoms with Crippen molar-refractivity contribution in [3.05, 3.63) is 58.8 Å². The van der Waals surface area contributed by atoms with Crippen molar-refractivity contribution in [2.24, 2.45) is 0 Å². The lowest BCUT2D eigenvalue weighted by Crippen LogP contribution is -2.29. The maximum Gasteiger partial charge on any atom is 0.267 e. The van der Waals surface area contributed by atoms with Crippen molar-refractivity contribution in [2.45, 2.75) is 11.3 Å². The number of amides is 1. The van der Waals surface area contributed by atoms with E-state index in [-0.39, 0.29) is 11.4 Å². The molecule has 2 aromatic rings. The van der Waals surface area contributed by atoms with Crippen molar-refractivity contribution >= 4 is 39.4 Å². The molecule has 7 nitrogen and oxygen atoms in total. The van der Waals surface area contributed by atoms with Crippen LogP contribution in [0.4, 0.5) is 5.82 Å². The van der Waals surface area contributed by atoms with Gasteiger partial charge in [0.05, 0.1) is 4.90 Å². The first-order chi connectivity index (χ1) is 11.9. The van der Waals surface area contributed by atoms with Gasteiger partial charge in [0, 0.05) is 23.8 Å². The first kappa shape index (κ1) is 17.4. The highest BCUT2D eigenvalue weighted by atomic mass is 35.5. The largest absolute Gasteiger partial charge is 0.288 e. The van der Waals surface area contributed by atoms with Gasteiger partial charge in [0.1, 0.15) is 5.82 Å². The summed E-state index contributed by atoms with van der Waals surface area (Å²) in [6, 6.07) is 7.74. The average molecular weight is 380 g/mol. The number of hydroxylamine groups is 1. The Balaban J connectivity index is 1.90. The van der Waals surface area contributed by atoms with Crippen LogP contribution in [0.25, 0.3) is 6.08 Å².